The third kappa shape index (κ3) is 3.22. The molecule has 0 spiro atoms. The second-order valence-corrected chi connectivity index (χ2v) is 4.97. The van der Waals surface area contributed by atoms with E-state index in [1.165, 1.54) is 56.8 Å². The molecule has 2 heteroatoms. The van der Waals surface area contributed by atoms with E-state index in [0.717, 1.165) is 0 Å². The van der Waals surface area contributed by atoms with Crippen LogP contribution in [0.2, 0.25) is 0 Å². The monoisotopic (exact) mass is 232 g/mol. The van der Waals surface area contributed by atoms with E-state index in [0.29, 0.717) is 0 Å². The van der Waals surface area contributed by atoms with Crippen molar-refractivity contribution in [2.75, 3.05) is 37.6 Å². The fraction of sp³-hybridized carbons (Fsp3) is 0.600. The molecule has 1 fully saturated rings. The zero-order valence-electron chi connectivity index (χ0n) is 11.2. The predicted octanol–water partition coefficient (Wildman–Crippen LogP) is 2.92. The second kappa shape index (κ2) is 6.06. The fourth-order valence-electron chi connectivity index (χ4n) is 2.51. The quantitative estimate of drug-likeness (QED) is 0.787. The summed E-state index contributed by atoms with van der Waals surface area (Å²) in [6.45, 7) is 10.5. The molecule has 2 nitrogen and oxygen atoms in total. The van der Waals surface area contributed by atoms with Crippen molar-refractivity contribution in [1.29, 1.82) is 0 Å². The molecule has 0 bridgehead atoms. The molecular formula is C15H24N2. The Morgan fingerprint density at radius 2 is 1.76 bits per heavy atom. The Kier molecular flexibility index (Phi) is 4.43. The SMILES string of the molecule is CCCCN1CCN(c2ccccc2C)CC1. The van der Waals surface area contributed by atoms with Crippen LogP contribution in [0.3, 0.4) is 0 Å². The summed E-state index contributed by atoms with van der Waals surface area (Å²) in [6, 6.07) is 8.72. The van der Waals surface area contributed by atoms with Gasteiger partial charge in [0.05, 0.1) is 0 Å². The Morgan fingerprint density at radius 3 is 2.41 bits per heavy atom. The Morgan fingerprint density at radius 1 is 1.06 bits per heavy atom. The Labute approximate surface area is 105 Å². The average Bonchev–Trinajstić information content (AvgIpc) is 2.38. The molecule has 0 aliphatic carbocycles. The molecule has 2 rings (SSSR count). The lowest BCUT2D eigenvalue weighted by Gasteiger charge is -2.36. The van der Waals surface area contributed by atoms with Gasteiger partial charge in [-0.1, -0.05) is 31.5 Å². The molecule has 0 amide bonds. The van der Waals surface area contributed by atoms with Gasteiger partial charge in [0.1, 0.15) is 0 Å². The highest BCUT2D eigenvalue weighted by molar-refractivity contribution is 5.53. The topological polar surface area (TPSA) is 6.48 Å². The van der Waals surface area contributed by atoms with Crippen molar-refractivity contribution in [3.05, 3.63) is 29.8 Å². The highest BCUT2D eigenvalue weighted by Gasteiger charge is 2.17. The number of para-hydroxylation sites is 1. The summed E-state index contributed by atoms with van der Waals surface area (Å²) in [5.74, 6) is 0. The molecular weight excluding hydrogens is 208 g/mol. The van der Waals surface area contributed by atoms with Crippen LogP contribution in [0.5, 0.6) is 0 Å². The first-order valence-electron chi connectivity index (χ1n) is 6.84. The van der Waals surface area contributed by atoms with E-state index in [1.807, 2.05) is 0 Å². The van der Waals surface area contributed by atoms with Gasteiger partial charge in [0, 0.05) is 31.9 Å². The summed E-state index contributed by atoms with van der Waals surface area (Å²) >= 11 is 0. The van der Waals surface area contributed by atoms with Crippen LogP contribution in [0.25, 0.3) is 0 Å². The normalized spacial score (nSPS) is 17.4. The Hall–Kier alpha value is -1.02. The van der Waals surface area contributed by atoms with Gasteiger partial charge < -0.3 is 4.90 Å². The summed E-state index contributed by atoms with van der Waals surface area (Å²) in [7, 11) is 0. The third-order valence-corrected chi connectivity index (χ3v) is 3.66. The minimum atomic E-state index is 1.18. The number of aryl methyl sites for hydroxylation is 1. The minimum absolute atomic E-state index is 1.18. The highest BCUT2D eigenvalue weighted by Crippen LogP contribution is 2.20. The van der Waals surface area contributed by atoms with Gasteiger partial charge in [-0.2, -0.15) is 0 Å². The van der Waals surface area contributed by atoms with Crippen LogP contribution in [-0.4, -0.2) is 37.6 Å². The van der Waals surface area contributed by atoms with Gasteiger partial charge in [-0.3, -0.25) is 4.90 Å². The first-order valence-corrected chi connectivity index (χ1v) is 6.84. The molecule has 94 valence electrons. The smallest absolute Gasteiger partial charge is 0.0396 e. The van der Waals surface area contributed by atoms with Crippen molar-refractivity contribution in [2.24, 2.45) is 0 Å². The number of anilines is 1. The third-order valence-electron chi connectivity index (χ3n) is 3.66. The Balaban J connectivity index is 1.89. The lowest BCUT2D eigenvalue weighted by atomic mass is 10.1. The molecule has 0 unspecified atom stereocenters. The molecule has 0 radical (unpaired) electrons. The van der Waals surface area contributed by atoms with Crippen molar-refractivity contribution >= 4 is 5.69 Å². The summed E-state index contributed by atoms with van der Waals surface area (Å²) in [5.41, 5.74) is 2.82. The average molecular weight is 232 g/mol. The number of nitrogens with zero attached hydrogens (tertiary/aromatic N) is 2. The lowest BCUT2D eigenvalue weighted by molar-refractivity contribution is 0.254. The first kappa shape index (κ1) is 12.4. The van der Waals surface area contributed by atoms with Gasteiger partial charge in [-0.05, 0) is 31.5 Å². The van der Waals surface area contributed by atoms with Crippen molar-refractivity contribution in [3.63, 3.8) is 0 Å². The number of piperazine rings is 1. The molecule has 0 aromatic heterocycles. The van der Waals surface area contributed by atoms with E-state index in [9.17, 15) is 0 Å². The molecule has 1 heterocycles. The molecule has 1 aromatic carbocycles. The van der Waals surface area contributed by atoms with Gasteiger partial charge >= 0.3 is 0 Å². The van der Waals surface area contributed by atoms with Crippen molar-refractivity contribution < 1.29 is 0 Å². The summed E-state index contributed by atoms with van der Waals surface area (Å²) in [5, 5.41) is 0. The number of rotatable bonds is 4. The summed E-state index contributed by atoms with van der Waals surface area (Å²) in [6.07, 6.45) is 2.64. The highest BCUT2D eigenvalue weighted by atomic mass is 15.3. The van der Waals surface area contributed by atoms with Crippen LogP contribution >= 0.6 is 0 Å². The number of benzene rings is 1. The van der Waals surface area contributed by atoms with Gasteiger partial charge in [0.15, 0.2) is 0 Å². The van der Waals surface area contributed by atoms with Crippen LogP contribution in [0.4, 0.5) is 5.69 Å². The van der Waals surface area contributed by atoms with Crippen molar-refractivity contribution in [2.45, 2.75) is 26.7 Å². The largest absolute Gasteiger partial charge is 0.369 e. The van der Waals surface area contributed by atoms with E-state index in [4.69, 9.17) is 0 Å². The van der Waals surface area contributed by atoms with Gasteiger partial charge in [0.25, 0.3) is 0 Å². The number of hydrogen-bond acceptors (Lipinski definition) is 2. The van der Waals surface area contributed by atoms with E-state index < -0.39 is 0 Å². The van der Waals surface area contributed by atoms with Crippen molar-refractivity contribution in [3.8, 4) is 0 Å². The van der Waals surface area contributed by atoms with Crippen LogP contribution in [-0.2, 0) is 0 Å². The Bertz CT molecular complexity index is 341. The standard InChI is InChI=1S/C15H24N2/c1-3-4-9-16-10-12-17(13-11-16)15-8-6-5-7-14(15)2/h5-8H,3-4,9-13H2,1-2H3. The van der Waals surface area contributed by atoms with Crippen LogP contribution in [0.1, 0.15) is 25.3 Å². The maximum Gasteiger partial charge on any atom is 0.0396 e. The van der Waals surface area contributed by atoms with E-state index >= 15 is 0 Å². The molecule has 1 aliphatic rings. The van der Waals surface area contributed by atoms with E-state index in [-0.39, 0.29) is 0 Å². The molecule has 0 atom stereocenters. The van der Waals surface area contributed by atoms with Gasteiger partial charge in [-0.25, -0.2) is 0 Å². The molecule has 0 saturated carbocycles. The van der Waals surface area contributed by atoms with Gasteiger partial charge in [-0.15, -0.1) is 0 Å². The van der Waals surface area contributed by atoms with Crippen LogP contribution in [0, 0.1) is 6.92 Å². The number of hydrogen-bond donors (Lipinski definition) is 0. The zero-order valence-corrected chi connectivity index (χ0v) is 11.2. The molecule has 1 aromatic rings. The molecule has 17 heavy (non-hydrogen) atoms. The first-order chi connectivity index (χ1) is 8.31. The second-order valence-electron chi connectivity index (χ2n) is 4.97. The van der Waals surface area contributed by atoms with Gasteiger partial charge in [0.2, 0.25) is 0 Å². The van der Waals surface area contributed by atoms with Crippen molar-refractivity contribution in [1.82, 2.24) is 4.90 Å². The maximum atomic E-state index is 2.60. The van der Waals surface area contributed by atoms with E-state index in [1.54, 1.807) is 0 Å². The number of unbranched alkanes of at least 4 members (excludes halogenated alkanes) is 1. The minimum Gasteiger partial charge on any atom is -0.369 e. The molecule has 1 saturated heterocycles. The predicted molar refractivity (Wildman–Crippen MR) is 74.7 cm³/mol. The summed E-state index contributed by atoms with van der Waals surface area (Å²) in [4.78, 5) is 5.12. The molecule has 1 aliphatic heterocycles. The van der Waals surface area contributed by atoms with Crippen LogP contribution in [0.15, 0.2) is 24.3 Å². The summed E-state index contributed by atoms with van der Waals surface area (Å²) < 4.78 is 0. The maximum absolute atomic E-state index is 2.60. The van der Waals surface area contributed by atoms with Crippen LogP contribution < -0.4 is 4.90 Å². The lowest BCUT2D eigenvalue weighted by Crippen LogP contribution is -2.46. The molecule has 0 N–H and O–H groups in total. The fourth-order valence-corrected chi connectivity index (χ4v) is 2.51. The zero-order chi connectivity index (χ0) is 12.1. The van der Waals surface area contributed by atoms with E-state index in [2.05, 4.69) is 47.9 Å².